The molecule has 2 aliphatic heterocycles. The lowest BCUT2D eigenvalue weighted by Gasteiger charge is -2.33. The molecule has 1 unspecified atom stereocenters. The SMILES string of the molecule is CC(=O)N1C=Cc2ccccc2C1CC(=O)N(C)Cc1ccc(N2CCCCC2)cc1. The maximum atomic E-state index is 13.1. The molecule has 2 amide bonds. The summed E-state index contributed by atoms with van der Waals surface area (Å²) in [7, 11) is 1.84. The van der Waals surface area contributed by atoms with Crippen molar-refractivity contribution in [3.8, 4) is 0 Å². The standard InChI is InChI=1S/C26H31N3O2/c1-20(30)29-17-14-22-8-4-5-9-24(22)25(29)18-26(31)27(2)19-21-10-12-23(13-11-21)28-15-6-3-7-16-28/h4-5,8-14,17,25H,3,6-7,15-16,18-19H2,1-2H3. The first-order chi connectivity index (χ1) is 15.0. The number of carbonyl (C=O) groups excluding carboxylic acids is 2. The number of carbonyl (C=O) groups is 2. The van der Waals surface area contributed by atoms with Crippen LogP contribution in [0.15, 0.2) is 54.7 Å². The Kier molecular flexibility index (Phi) is 6.40. The first-order valence-corrected chi connectivity index (χ1v) is 11.2. The fourth-order valence-corrected chi connectivity index (χ4v) is 4.56. The highest BCUT2D eigenvalue weighted by atomic mass is 16.2. The number of fused-ring (bicyclic) bond motifs is 1. The predicted molar refractivity (Wildman–Crippen MR) is 124 cm³/mol. The fourth-order valence-electron chi connectivity index (χ4n) is 4.56. The average Bonchev–Trinajstić information content (AvgIpc) is 2.80. The van der Waals surface area contributed by atoms with Crippen LogP contribution in [0.1, 0.15) is 55.3 Å². The molecule has 0 saturated carbocycles. The van der Waals surface area contributed by atoms with E-state index in [9.17, 15) is 9.59 Å². The Bertz CT molecular complexity index is 961. The summed E-state index contributed by atoms with van der Waals surface area (Å²) < 4.78 is 0. The highest BCUT2D eigenvalue weighted by Crippen LogP contribution is 2.33. The highest BCUT2D eigenvalue weighted by molar-refractivity contribution is 5.81. The summed E-state index contributed by atoms with van der Waals surface area (Å²) in [5, 5.41) is 0. The number of anilines is 1. The molecule has 0 aromatic heterocycles. The molecule has 2 aliphatic rings. The Labute approximate surface area is 184 Å². The minimum Gasteiger partial charge on any atom is -0.372 e. The zero-order valence-electron chi connectivity index (χ0n) is 18.5. The average molecular weight is 418 g/mol. The van der Waals surface area contributed by atoms with Crippen LogP contribution in [0.4, 0.5) is 5.69 Å². The van der Waals surface area contributed by atoms with Gasteiger partial charge in [0.1, 0.15) is 0 Å². The van der Waals surface area contributed by atoms with Crippen molar-refractivity contribution in [2.24, 2.45) is 0 Å². The monoisotopic (exact) mass is 417 g/mol. The van der Waals surface area contributed by atoms with Crippen LogP contribution in [0.2, 0.25) is 0 Å². The molecule has 0 spiro atoms. The van der Waals surface area contributed by atoms with E-state index in [0.717, 1.165) is 29.8 Å². The molecule has 2 aromatic rings. The van der Waals surface area contributed by atoms with Crippen LogP contribution in [0.25, 0.3) is 6.08 Å². The number of benzene rings is 2. The predicted octanol–water partition coefficient (Wildman–Crippen LogP) is 4.60. The van der Waals surface area contributed by atoms with Gasteiger partial charge < -0.3 is 14.7 Å². The van der Waals surface area contributed by atoms with E-state index in [1.54, 1.807) is 22.9 Å². The van der Waals surface area contributed by atoms with Crippen molar-refractivity contribution in [2.45, 2.75) is 45.2 Å². The van der Waals surface area contributed by atoms with E-state index in [0.29, 0.717) is 6.54 Å². The van der Waals surface area contributed by atoms with Crippen LogP contribution in [0, 0.1) is 0 Å². The van der Waals surface area contributed by atoms with E-state index in [2.05, 4.69) is 29.2 Å². The van der Waals surface area contributed by atoms with Crippen LogP contribution >= 0.6 is 0 Å². The van der Waals surface area contributed by atoms with Gasteiger partial charge in [0.25, 0.3) is 0 Å². The lowest BCUT2D eigenvalue weighted by molar-refractivity contribution is -0.134. The fraction of sp³-hybridized carbons (Fsp3) is 0.385. The zero-order chi connectivity index (χ0) is 21.8. The maximum Gasteiger partial charge on any atom is 0.225 e. The second-order valence-corrected chi connectivity index (χ2v) is 8.55. The van der Waals surface area contributed by atoms with Gasteiger partial charge in [-0.15, -0.1) is 0 Å². The van der Waals surface area contributed by atoms with Crippen molar-refractivity contribution in [3.63, 3.8) is 0 Å². The van der Waals surface area contributed by atoms with Crippen molar-refractivity contribution in [3.05, 3.63) is 71.4 Å². The first kappa shape index (κ1) is 21.2. The summed E-state index contributed by atoms with van der Waals surface area (Å²) in [6.07, 6.45) is 7.84. The van der Waals surface area contributed by atoms with Crippen molar-refractivity contribution < 1.29 is 9.59 Å². The maximum absolute atomic E-state index is 13.1. The molecule has 31 heavy (non-hydrogen) atoms. The summed E-state index contributed by atoms with van der Waals surface area (Å²) in [5.74, 6) is -0.0269. The molecular formula is C26H31N3O2. The third-order valence-electron chi connectivity index (χ3n) is 6.34. The normalized spacial score (nSPS) is 17.9. The third kappa shape index (κ3) is 4.82. The first-order valence-electron chi connectivity index (χ1n) is 11.2. The molecule has 5 nitrogen and oxygen atoms in total. The topological polar surface area (TPSA) is 43.9 Å². The quantitative estimate of drug-likeness (QED) is 0.714. The lowest BCUT2D eigenvalue weighted by Crippen LogP contribution is -2.35. The molecule has 4 rings (SSSR count). The smallest absolute Gasteiger partial charge is 0.225 e. The van der Waals surface area contributed by atoms with Crippen LogP contribution in [0.5, 0.6) is 0 Å². The molecule has 2 aromatic carbocycles. The van der Waals surface area contributed by atoms with E-state index in [4.69, 9.17) is 0 Å². The van der Waals surface area contributed by atoms with Gasteiger partial charge in [-0.25, -0.2) is 0 Å². The number of rotatable bonds is 5. The van der Waals surface area contributed by atoms with Crippen LogP contribution in [-0.2, 0) is 16.1 Å². The second kappa shape index (κ2) is 9.38. The van der Waals surface area contributed by atoms with E-state index >= 15 is 0 Å². The minimum absolute atomic E-state index is 0.0291. The van der Waals surface area contributed by atoms with Crippen LogP contribution < -0.4 is 4.90 Å². The van der Waals surface area contributed by atoms with Gasteiger partial charge in [-0.1, -0.05) is 36.4 Å². The molecule has 1 saturated heterocycles. The minimum atomic E-state index is -0.268. The van der Waals surface area contributed by atoms with Gasteiger partial charge in [0, 0.05) is 45.5 Å². The molecule has 2 heterocycles. The van der Waals surface area contributed by atoms with Gasteiger partial charge in [0.15, 0.2) is 0 Å². The van der Waals surface area contributed by atoms with Gasteiger partial charge in [-0.3, -0.25) is 9.59 Å². The summed E-state index contributed by atoms with van der Waals surface area (Å²) in [6.45, 7) is 4.36. The second-order valence-electron chi connectivity index (χ2n) is 8.55. The van der Waals surface area contributed by atoms with Crippen molar-refractivity contribution in [1.82, 2.24) is 9.80 Å². The van der Waals surface area contributed by atoms with Crippen molar-refractivity contribution in [2.75, 3.05) is 25.0 Å². The number of amides is 2. The number of hydrogen-bond acceptors (Lipinski definition) is 3. The van der Waals surface area contributed by atoms with Gasteiger partial charge in [-0.2, -0.15) is 0 Å². The Morgan fingerprint density at radius 2 is 1.71 bits per heavy atom. The number of nitrogens with zero attached hydrogens (tertiary/aromatic N) is 3. The van der Waals surface area contributed by atoms with Gasteiger partial charge in [0.05, 0.1) is 12.5 Å². The highest BCUT2D eigenvalue weighted by Gasteiger charge is 2.29. The van der Waals surface area contributed by atoms with E-state index in [-0.39, 0.29) is 24.3 Å². The van der Waals surface area contributed by atoms with E-state index in [1.807, 2.05) is 37.4 Å². The largest absolute Gasteiger partial charge is 0.372 e. The zero-order valence-corrected chi connectivity index (χ0v) is 18.5. The summed E-state index contributed by atoms with van der Waals surface area (Å²) in [6, 6.07) is 16.3. The molecule has 0 radical (unpaired) electrons. The van der Waals surface area contributed by atoms with E-state index in [1.165, 1.54) is 24.9 Å². The molecule has 5 heteroatoms. The summed E-state index contributed by atoms with van der Waals surface area (Å²) >= 11 is 0. The Morgan fingerprint density at radius 1 is 1.00 bits per heavy atom. The Balaban J connectivity index is 1.42. The molecule has 1 fully saturated rings. The number of hydrogen-bond donors (Lipinski definition) is 0. The molecule has 162 valence electrons. The summed E-state index contributed by atoms with van der Waals surface area (Å²) in [5.41, 5.74) is 4.46. The molecule has 0 bridgehead atoms. The lowest BCUT2D eigenvalue weighted by atomic mass is 9.93. The van der Waals surface area contributed by atoms with Crippen molar-refractivity contribution in [1.29, 1.82) is 0 Å². The van der Waals surface area contributed by atoms with Gasteiger partial charge in [-0.05, 0) is 54.2 Å². The molecule has 0 N–H and O–H groups in total. The summed E-state index contributed by atoms with van der Waals surface area (Å²) in [4.78, 5) is 31.1. The number of piperidine rings is 1. The molecule has 1 atom stereocenters. The Hall–Kier alpha value is -3.08. The molecular weight excluding hydrogens is 386 g/mol. The molecule has 0 aliphatic carbocycles. The van der Waals surface area contributed by atoms with Gasteiger partial charge in [0.2, 0.25) is 11.8 Å². The Morgan fingerprint density at radius 3 is 2.42 bits per heavy atom. The van der Waals surface area contributed by atoms with Crippen LogP contribution in [-0.4, -0.2) is 41.8 Å². The van der Waals surface area contributed by atoms with Crippen LogP contribution in [0.3, 0.4) is 0 Å². The third-order valence-corrected chi connectivity index (χ3v) is 6.34. The van der Waals surface area contributed by atoms with E-state index < -0.39 is 0 Å². The van der Waals surface area contributed by atoms with Gasteiger partial charge >= 0.3 is 0 Å². The van der Waals surface area contributed by atoms with Crippen molar-refractivity contribution >= 4 is 23.6 Å².